The molecule has 0 spiro atoms. The predicted molar refractivity (Wildman–Crippen MR) is 371 cm³/mol. The molecule has 0 aromatic rings. The van der Waals surface area contributed by atoms with Crippen LogP contribution in [-0.4, -0.2) is 47.4 Å². The lowest BCUT2D eigenvalue weighted by atomic mass is 10.0. The van der Waals surface area contributed by atoms with E-state index in [2.05, 4.69) is 19.2 Å². The van der Waals surface area contributed by atoms with Crippen LogP contribution in [0.1, 0.15) is 463 Å². The summed E-state index contributed by atoms with van der Waals surface area (Å²) in [5, 5.41) is 23.4. The van der Waals surface area contributed by atoms with Crippen LogP contribution in [0.2, 0.25) is 0 Å². The number of hydrogen-bond donors (Lipinski definition) is 3. The zero-order chi connectivity index (χ0) is 60.6. The quantitative estimate of drug-likeness (QED) is 0.0417. The number of carbonyl (C=O) groups excluding carboxylic acids is 2. The second-order valence-electron chi connectivity index (χ2n) is 27.4. The molecule has 0 aromatic heterocycles. The zero-order valence-corrected chi connectivity index (χ0v) is 57.7. The van der Waals surface area contributed by atoms with E-state index in [4.69, 9.17) is 4.74 Å². The number of ether oxygens (including phenoxy) is 1. The van der Waals surface area contributed by atoms with Crippen molar-refractivity contribution < 1.29 is 24.5 Å². The van der Waals surface area contributed by atoms with Crippen molar-refractivity contribution in [3.05, 3.63) is 0 Å². The number of hydrogen-bond acceptors (Lipinski definition) is 5. The van der Waals surface area contributed by atoms with Gasteiger partial charge in [0.25, 0.3) is 0 Å². The number of rotatable bonds is 75. The smallest absolute Gasteiger partial charge is 0.305 e. The Morgan fingerprint density at radius 3 is 0.726 bits per heavy atom. The highest BCUT2D eigenvalue weighted by Gasteiger charge is 2.20. The van der Waals surface area contributed by atoms with Crippen LogP contribution in [0.5, 0.6) is 0 Å². The summed E-state index contributed by atoms with van der Waals surface area (Å²) in [7, 11) is 0. The maximum Gasteiger partial charge on any atom is 0.305 e. The molecular weight excluding hydrogens is 1030 g/mol. The Labute approximate surface area is 527 Å². The topological polar surface area (TPSA) is 95.9 Å². The number of esters is 1. The van der Waals surface area contributed by atoms with Crippen LogP contribution in [0.4, 0.5) is 0 Å². The van der Waals surface area contributed by atoms with Gasteiger partial charge in [-0.15, -0.1) is 0 Å². The summed E-state index contributed by atoms with van der Waals surface area (Å²) >= 11 is 0. The van der Waals surface area contributed by atoms with Gasteiger partial charge in [0, 0.05) is 12.8 Å². The first-order chi connectivity index (χ1) is 41.5. The van der Waals surface area contributed by atoms with Gasteiger partial charge in [0.1, 0.15) is 0 Å². The van der Waals surface area contributed by atoms with Gasteiger partial charge in [0.15, 0.2) is 0 Å². The highest BCUT2D eigenvalue weighted by Crippen LogP contribution is 2.21. The third kappa shape index (κ3) is 70.0. The van der Waals surface area contributed by atoms with Crippen LogP contribution in [0.15, 0.2) is 0 Å². The van der Waals surface area contributed by atoms with E-state index >= 15 is 0 Å². The predicted octanol–water partition coefficient (Wildman–Crippen LogP) is 25.7. The average Bonchev–Trinajstić information content (AvgIpc) is 3.52. The van der Waals surface area contributed by atoms with Gasteiger partial charge in [-0.25, -0.2) is 0 Å². The summed E-state index contributed by atoms with van der Waals surface area (Å²) in [4.78, 5) is 24.7. The Balaban J connectivity index is 3.31. The van der Waals surface area contributed by atoms with Gasteiger partial charge in [-0.2, -0.15) is 0 Å². The van der Waals surface area contributed by atoms with Crippen molar-refractivity contribution in [1.29, 1.82) is 0 Å². The molecule has 0 saturated carbocycles. The molecule has 2 unspecified atom stereocenters. The highest BCUT2D eigenvalue weighted by molar-refractivity contribution is 5.76. The molecule has 502 valence electrons. The summed E-state index contributed by atoms with van der Waals surface area (Å²) in [5.74, 6) is 0.00104. The lowest BCUT2D eigenvalue weighted by molar-refractivity contribution is -0.143. The van der Waals surface area contributed by atoms with Crippen LogP contribution in [0.25, 0.3) is 0 Å². The highest BCUT2D eigenvalue weighted by atomic mass is 16.5. The van der Waals surface area contributed by atoms with Crippen LogP contribution >= 0.6 is 0 Å². The van der Waals surface area contributed by atoms with Crippen LogP contribution in [0, 0.1) is 0 Å². The Hall–Kier alpha value is -1.14. The molecule has 6 heteroatoms. The monoisotopic (exact) mass is 1190 g/mol. The van der Waals surface area contributed by atoms with E-state index in [0.717, 1.165) is 38.5 Å². The molecule has 0 rings (SSSR count). The van der Waals surface area contributed by atoms with Crippen molar-refractivity contribution in [2.75, 3.05) is 13.2 Å². The number of unbranched alkanes of at least 4 members (excludes halogenated alkanes) is 64. The van der Waals surface area contributed by atoms with Crippen molar-refractivity contribution in [3.8, 4) is 0 Å². The summed E-state index contributed by atoms with van der Waals surface area (Å²) < 4.78 is 5.52. The van der Waals surface area contributed by atoms with E-state index in [1.54, 1.807) is 0 Å². The first-order valence-electron chi connectivity index (χ1n) is 39.3. The first-order valence-corrected chi connectivity index (χ1v) is 39.3. The summed E-state index contributed by atoms with van der Waals surface area (Å²) in [6.45, 7) is 5.02. The van der Waals surface area contributed by atoms with Gasteiger partial charge in [0.05, 0.1) is 25.4 Å². The molecule has 0 heterocycles. The largest absolute Gasteiger partial charge is 0.466 e. The minimum atomic E-state index is -0.661. The van der Waals surface area contributed by atoms with E-state index < -0.39 is 12.1 Å². The maximum atomic E-state index is 12.6. The van der Waals surface area contributed by atoms with E-state index in [0.29, 0.717) is 25.9 Å². The zero-order valence-electron chi connectivity index (χ0n) is 57.7. The summed E-state index contributed by atoms with van der Waals surface area (Å²) in [6, 6.07) is -0.538. The average molecular weight is 1190 g/mol. The van der Waals surface area contributed by atoms with Crippen LogP contribution in [-0.2, 0) is 14.3 Å². The van der Waals surface area contributed by atoms with Crippen LogP contribution < -0.4 is 5.32 Å². The number of nitrogens with one attached hydrogen (secondary N) is 1. The van der Waals surface area contributed by atoms with Crippen molar-refractivity contribution in [2.45, 2.75) is 475 Å². The molecular formula is C78H155NO5. The van der Waals surface area contributed by atoms with E-state index in [1.165, 1.54) is 392 Å². The third-order valence-electron chi connectivity index (χ3n) is 18.9. The second-order valence-corrected chi connectivity index (χ2v) is 27.4. The molecule has 0 saturated heterocycles. The van der Waals surface area contributed by atoms with Gasteiger partial charge in [-0.3, -0.25) is 9.59 Å². The van der Waals surface area contributed by atoms with Crippen molar-refractivity contribution >= 4 is 11.9 Å². The molecule has 84 heavy (non-hydrogen) atoms. The fraction of sp³-hybridized carbons (Fsp3) is 0.974. The fourth-order valence-corrected chi connectivity index (χ4v) is 12.9. The molecule has 0 aliphatic heterocycles. The van der Waals surface area contributed by atoms with Gasteiger partial charge >= 0.3 is 5.97 Å². The van der Waals surface area contributed by atoms with E-state index in [9.17, 15) is 19.8 Å². The molecule has 2 atom stereocenters. The second kappa shape index (κ2) is 74.3. The normalized spacial score (nSPS) is 12.4. The molecule has 0 bridgehead atoms. The molecule has 3 N–H and O–H groups in total. The summed E-state index contributed by atoms with van der Waals surface area (Å²) in [5.41, 5.74) is 0. The summed E-state index contributed by atoms with van der Waals surface area (Å²) in [6.07, 6.45) is 91.9. The van der Waals surface area contributed by atoms with Crippen molar-refractivity contribution in [2.24, 2.45) is 0 Å². The number of carbonyl (C=O) groups is 2. The lowest BCUT2D eigenvalue weighted by Gasteiger charge is -2.22. The standard InChI is InChI=1S/C78H155NO5/c1-3-5-7-9-11-13-15-17-19-21-35-39-42-46-50-54-58-62-66-70-76(81)75(74-80)79-77(82)71-67-63-59-55-51-47-43-40-36-33-31-29-27-25-23-22-24-26-28-30-32-34-37-41-45-49-53-57-61-65-69-73-84-78(83)72-68-64-60-56-52-48-44-38-20-18-16-14-12-10-8-6-4-2/h75-76,80-81H,3-74H2,1-2H3,(H,79,82). The number of aliphatic hydroxyl groups is 2. The molecule has 0 aromatic carbocycles. The van der Waals surface area contributed by atoms with Gasteiger partial charge in [0.2, 0.25) is 5.91 Å². The van der Waals surface area contributed by atoms with E-state index in [-0.39, 0.29) is 18.5 Å². The third-order valence-corrected chi connectivity index (χ3v) is 18.9. The Morgan fingerprint density at radius 1 is 0.286 bits per heavy atom. The minimum Gasteiger partial charge on any atom is -0.466 e. The molecule has 0 fully saturated rings. The Bertz CT molecular complexity index is 1230. The maximum absolute atomic E-state index is 12.6. The first kappa shape index (κ1) is 82.9. The molecule has 0 aliphatic rings. The Kier molecular flexibility index (Phi) is 73.3. The Morgan fingerprint density at radius 2 is 0.488 bits per heavy atom. The van der Waals surface area contributed by atoms with Crippen molar-refractivity contribution in [1.82, 2.24) is 5.32 Å². The SMILES string of the molecule is CCCCCCCCCCCCCCCCCCCCCC(O)C(CO)NC(=O)CCCCCCCCCCCCCCCCCCCCCCCCCCCCCCCCCOC(=O)CCCCCCCCCCCCCCCCCCC. The van der Waals surface area contributed by atoms with E-state index in [1.807, 2.05) is 0 Å². The minimum absolute atomic E-state index is 0.0252. The van der Waals surface area contributed by atoms with Crippen LogP contribution in [0.3, 0.4) is 0 Å². The van der Waals surface area contributed by atoms with Crippen molar-refractivity contribution in [3.63, 3.8) is 0 Å². The van der Waals surface area contributed by atoms with Gasteiger partial charge < -0.3 is 20.3 Å². The molecule has 0 radical (unpaired) electrons. The molecule has 1 amide bonds. The number of amides is 1. The fourth-order valence-electron chi connectivity index (χ4n) is 12.9. The van der Waals surface area contributed by atoms with Gasteiger partial charge in [-0.05, 0) is 25.7 Å². The molecule has 6 nitrogen and oxygen atoms in total. The lowest BCUT2D eigenvalue weighted by Crippen LogP contribution is -2.45. The number of aliphatic hydroxyl groups excluding tert-OH is 2. The molecule has 0 aliphatic carbocycles. The van der Waals surface area contributed by atoms with Gasteiger partial charge in [-0.1, -0.05) is 425 Å².